The molecule has 0 heterocycles. The average molecular weight is 204 g/mol. The fraction of sp³-hybridized carbons (Fsp3) is 0.500. The van der Waals surface area contributed by atoms with E-state index in [-0.39, 0.29) is 6.61 Å². The van der Waals surface area contributed by atoms with Gasteiger partial charge in [-0.25, -0.2) is 4.79 Å². The lowest BCUT2D eigenvalue weighted by molar-refractivity contribution is -0.141. The zero-order valence-corrected chi connectivity index (χ0v) is 8.60. The minimum absolute atomic E-state index is 0.103. The number of ether oxygens (including phenoxy) is 1. The Balaban J connectivity index is 3.62. The quantitative estimate of drug-likeness (QED) is 0.409. The van der Waals surface area contributed by atoms with Gasteiger partial charge >= 0.3 is 11.9 Å². The molecule has 1 N–H and O–H groups in total. The Labute approximate surface area is 79.2 Å². The highest BCUT2D eigenvalue weighted by atomic mass is 31.0. The molecule has 0 saturated heterocycles. The first-order chi connectivity index (χ1) is 5.95. The number of carbonyl (C=O) groups excluding carboxylic acids is 1. The first kappa shape index (κ1) is 12.1. The van der Waals surface area contributed by atoms with E-state index in [1.165, 1.54) is 6.92 Å². The lowest BCUT2D eigenvalue weighted by Crippen LogP contribution is -2.16. The van der Waals surface area contributed by atoms with E-state index in [1.807, 2.05) is 0 Å². The minimum atomic E-state index is -0.920. The van der Waals surface area contributed by atoms with Gasteiger partial charge in [-0.05, 0) is 13.3 Å². The molecule has 2 atom stereocenters. The second kappa shape index (κ2) is 5.70. The van der Waals surface area contributed by atoms with E-state index in [4.69, 9.17) is 9.84 Å². The summed E-state index contributed by atoms with van der Waals surface area (Å²) >= 11 is 0. The maximum atomic E-state index is 10.8. The van der Waals surface area contributed by atoms with E-state index >= 15 is 0 Å². The van der Waals surface area contributed by atoms with Crippen molar-refractivity contribution in [3.8, 4) is 0 Å². The van der Waals surface area contributed by atoms with E-state index in [9.17, 15) is 9.59 Å². The van der Waals surface area contributed by atoms with Gasteiger partial charge in [-0.3, -0.25) is 4.79 Å². The van der Waals surface area contributed by atoms with Crippen LogP contribution < -0.4 is 0 Å². The van der Waals surface area contributed by atoms with Crippen molar-refractivity contribution in [3.63, 3.8) is 0 Å². The predicted molar refractivity (Wildman–Crippen MR) is 51.5 cm³/mol. The van der Waals surface area contributed by atoms with Crippen LogP contribution in [0.15, 0.2) is 12.2 Å². The van der Waals surface area contributed by atoms with E-state index in [0.29, 0.717) is 12.0 Å². The number of hydrogen-bond acceptors (Lipinski definition) is 3. The average Bonchev–Trinajstić information content (AvgIpc) is 2.03. The summed E-state index contributed by atoms with van der Waals surface area (Å²) in [5.41, 5.74) is -0.256. The summed E-state index contributed by atoms with van der Waals surface area (Å²) in [6.45, 7) is 5.03. The molecule has 2 unspecified atom stereocenters. The Kier molecular flexibility index (Phi) is 5.31. The van der Waals surface area contributed by atoms with Crippen LogP contribution in [0.4, 0.5) is 0 Å². The third-order valence-electron chi connectivity index (χ3n) is 1.33. The Morgan fingerprint density at radius 1 is 1.62 bits per heavy atom. The highest BCUT2D eigenvalue weighted by Gasteiger charge is 2.11. The monoisotopic (exact) mass is 204 g/mol. The maximum Gasteiger partial charge on any atom is 0.333 e. The smallest absolute Gasteiger partial charge is 0.333 e. The molecule has 0 aliphatic carbocycles. The van der Waals surface area contributed by atoms with Crippen molar-refractivity contribution in [2.75, 3.05) is 6.61 Å². The van der Waals surface area contributed by atoms with Crippen LogP contribution in [0.2, 0.25) is 0 Å². The summed E-state index contributed by atoms with van der Waals surface area (Å²) in [5, 5.41) is 8.48. The molecule has 0 fully saturated rings. The highest BCUT2D eigenvalue weighted by molar-refractivity contribution is 7.19. The van der Waals surface area contributed by atoms with Crippen LogP contribution in [0.3, 0.4) is 0 Å². The molecule has 4 nitrogen and oxygen atoms in total. The molecular weight excluding hydrogens is 191 g/mol. The standard InChI is InChI=1S/C8H13O4P/c1-5(2)8(11)12-4-3-6(13)7(9)10/h6H,1,3-4,13H2,2H3,(H,9,10). The fourth-order valence-electron chi connectivity index (χ4n) is 0.525. The van der Waals surface area contributed by atoms with Gasteiger partial charge in [0.05, 0.1) is 12.3 Å². The van der Waals surface area contributed by atoms with Crippen LogP contribution in [-0.2, 0) is 14.3 Å². The zero-order chi connectivity index (χ0) is 10.4. The van der Waals surface area contributed by atoms with Gasteiger partial charge in [-0.15, -0.1) is 9.24 Å². The number of rotatable bonds is 5. The molecule has 74 valence electrons. The Morgan fingerprint density at radius 2 is 2.15 bits per heavy atom. The molecule has 0 rings (SSSR count). The summed E-state index contributed by atoms with van der Waals surface area (Å²) in [6.07, 6.45) is 0.291. The van der Waals surface area contributed by atoms with Gasteiger partial charge in [0.15, 0.2) is 0 Å². The number of hydrogen-bond donors (Lipinski definition) is 1. The van der Waals surface area contributed by atoms with Gasteiger partial charge < -0.3 is 9.84 Å². The van der Waals surface area contributed by atoms with Gasteiger partial charge in [0.1, 0.15) is 0 Å². The van der Waals surface area contributed by atoms with Gasteiger partial charge in [-0.2, -0.15) is 0 Å². The molecule has 0 aromatic heterocycles. The zero-order valence-electron chi connectivity index (χ0n) is 7.45. The van der Waals surface area contributed by atoms with Crippen molar-refractivity contribution in [1.82, 2.24) is 0 Å². The summed E-state index contributed by atoms with van der Waals surface area (Å²) in [5.74, 6) is -1.40. The molecule has 0 aliphatic heterocycles. The molecule has 0 spiro atoms. The van der Waals surface area contributed by atoms with Crippen LogP contribution in [0.1, 0.15) is 13.3 Å². The van der Waals surface area contributed by atoms with Gasteiger partial charge in [0, 0.05) is 5.57 Å². The number of aliphatic carboxylic acids is 1. The molecule has 5 heteroatoms. The molecule has 0 amide bonds. The molecule has 0 bridgehead atoms. The van der Waals surface area contributed by atoms with Crippen molar-refractivity contribution < 1.29 is 19.4 Å². The largest absolute Gasteiger partial charge is 0.481 e. The van der Waals surface area contributed by atoms with Crippen molar-refractivity contribution >= 4 is 21.2 Å². The van der Waals surface area contributed by atoms with Crippen molar-refractivity contribution in [1.29, 1.82) is 0 Å². The number of carboxylic acids is 1. The second-order valence-corrected chi connectivity index (χ2v) is 3.45. The minimum Gasteiger partial charge on any atom is -0.481 e. The second-order valence-electron chi connectivity index (χ2n) is 2.65. The topological polar surface area (TPSA) is 63.6 Å². The summed E-state index contributed by atoms with van der Waals surface area (Å²) in [7, 11) is 2.17. The van der Waals surface area contributed by atoms with E-state index in [1.54, 1.807) is 0 Å². The number of esters is 1. The molecule has 0 radical (unpaired) electrons. The molecule has 13 heavy (non-hydrogen) atoms. The van der Waals surface area contributed by atoms with Crippen molar-refractivity contribution in [2.24, 2.45) is 0 Å². The third-order valence-corrected chi connectivity index (χ3v) is 1.95. The predicted octanol–water partition coefficient (Wildman–Crippen LogP) is 0.824. The third kappa shape index (κ3) is 5.36. The first-order valence-electron chi connectivity index (χ1n) is 3.76. The van der Waals surface area contributed by atoms with E-state index in [2.05, 4.69) is 15.8 Å². The van der Waals surface area contributed by atoms with Crippen molar-refractivity contribution in [2.45, 2.75) is 19.0 Å². The van der Waals surface area contributed by atoms with Crippen molar-refractivity contribution in [3.05, 3.63) is 12.2 Å². The van der Waals surface area contributed by atoms with E-state index in [0.717, 1.165) is 0 Å². The highest BCUT2D eigenvalue weighted by Crippen LogP contribution is 2.06. The summed E-state index contributed by atoms with van der Waals surface area (Å²) in [6, 6.07) is 0. The van der Waals surface area contributed by atoms with E-state index < -0.39 is 17.6 Å². The lowest BCUT2D eigenvalue weighted by Gasteiger charge is -2.06. The van der Waals surface area contributed by atoms with Gasteiger partial charge in [-0.1, -0.05) is 6.58 Å². The SMILES string of the molecule is C=C(C)C(=O)OCCC(P)C(=O)O. The Bertz CT molecular complexity index is 224. The van der Waals surface area contributed by atoms with Gasteiger partial charge in [0.2, 0.25) is 0 Å². The molecule has 0 saturated carbocycles. The maximum absolute atomic E-state index is 10.8. The molecule has 0 aliphatic rings. The fourth-order valence-corrected chi connectivity index (χ4v) is 0.661. The normalized spacial score (nSPS) is 11.8. The molecular formula is C8H13O4P. The van der Waals surface area contributed by atoms with Crippen LogP contribution in [0, 0.1) is 0 Å². The first-order valence-corrected chi connectivity index (χ1v) is 4.43. The van der Waals surface area contributed by atoms with Crippen LogP contribution in [0.25, 0.3) is 0 Å². The van der Waals surface area contributed by atoms with Crippen LogP contribution in [0.5, 0.6) is 0 Å². The van der Waals surface area contributed by atoms with Crippen LogP contribution in [-0.4, -0.2) is 29.3 Å². The number of carboxylic acid groups (broad SMARTS) is 1. The van der Waals surface area contributed by atoms with Gasteiger partial charge in [0.25, 0.3) is 0 Å². The van der Waals surface area contributed by atoms with Crippen LogP contribution >= 0.6 is 9.24 Å². The Morgan fingerprint density at radius 3 is 2.54 bits per heavy atom. The summed E-state index contributed by atoms with van der Waals surface area (Å²) in [4.78, 5) is 21.1. The Hall–Kier alpha value is -0.890. The molecule has 0 aromatic carbocycles. The lowest BCUT2D eigenvalue weighted by atomic mass is 10.3. The summed E-state index contributed by atoms with van der Waals surface area (Å²) < 4.78 is 4.71. The number of carbonyl (C=O) groups is 2. The molecule has 0 aromatic rings.